The van der Waals surface area contributed by atoms with E-state index in [1.807, 2.05) is 18.2 Å². The second-order valence-corrected chi connectivity index (χ2v) is 5.43. The third-order valence-electron chi connectivity index (χ3n) is 4.16. The first kappa shape index (κ1) is 26.3. The molecule has 5 heteroatoms. The van der Waals surface area contributed by atoms with E-state index in [-0.39, 0.29) is 85.7 Å². The Labute approximate surface area is 191 Å². The van der Waals surface area contributed by atoms with Gasteiger partial charge < -0.3 is 19.3 Å². The molecule has 1 nitrogen and oxygen atoms in total. The fourth-order valence-corrected chi connectivity index (χ4v) is 3.29. The van der Waals surface area contributed by atoms with Crippen molar-refractivity contribution in [1.29, 1.82) is 0 Å². The first-order valence-corrected chi connectivity index (χ1v) is 7.20. The van der Waals surface area contributed by atoms with Crippen LogP contribution in [0.4, 0.5) is 4.39 Å². The van der Waals surface area contributed by atoms with Gasteiger partial charge in [0, 0.05) is 57.2 Å². The molecule has 1 saturated carbocycles. The molecule has 1 aliphatic carbocycles. The van der Waals surface area contributed by atoms with Crippen LogP contribution in [0.2, 0.25) is 0 Å². The van der Waals surface area contributed by atoms with Gasteiger partial charge in [-0.1, -0.05) is 24.8 Å². The SMILES string of the molecule is [CH2-]CCc1[n-]c2c[c-]ccc2c1C1CCCCC1F.[CH3-].[V].[W+2].[Y]. The number of benzene rings is 1. The third-order valence-corrected chi connectivity index (χ3v) is 4.16. The molecule has 1 aliphatic rings. The van der Waals surface area contributed by atoms with Gasteiger partial charge in [-0.05, 0) is 12.8 Å². The van der Waals surface area contributed by atoms with Gasteiger partial charge >= 0.3 is 21.1 Å². The molecular weight excluding hydrogens is 573 g/mol. The minimum absolute atomic E-state index is 0. The summed E-state index contributed by atoms with van der Waals surface area (Å²) in [5.74, 6) is 0.0303. The Kier molecular flexibility index (Phi) is 14.2. The van der Waals surface area contributed by atoms with E-state index in [2.05, 4.69) is 18.0 Å². The van der Waals surface area contributed by atoms with E-state index < -0.39 is 6.17 Å². The maximum absolute atomic E-state index is 14.3. The van der Waals surface area contributed by atoms with Crippen molar-refractivity contribution >= 4 is 10.9 Å². The fraction of sp³-hybridized carbons (Fsp3) is 0.444. The van der Waals surface area contributed by atoms with Gasteiger partial charge in [0.1, 0.15) is 6.17 Å². The molecule has 0 bridgehead atoms. The zero-order valence-electron chi connectivity index (χ0n) is 13.6. The maximum atomic E-state index is 14.3. The zero-order chi connectivity index (χ0) is 13.2. The van der Waals surface area contributed by atoms with E-state index in [9.17, 15) is 4.39 Å². The summed E-state index contributed by atoms with van der Waals surface area (Å²) in [6, 6.07) is 8.90. The molecule has 1 heterocycles. The Hall–Kier alpha value is 1.07. The predicted octanol–water partition coefficient (Wildman–Crippen LogP) is 4.80. The molecule has 2 atom stereocenters. The molecule has 1 aromatic carbocycles. The summed E-state index contributed by atoms with van der Waals surface area (Å²) in [5, 5.41) is 1.12. The molecule has 1 aromatic heterocycles. The number of fused-ring (bicyclic) bond motifs is 1. The normalized spacial score (nSPS) is 19.7. The monoisotopic (exact) mass is 595 g/mol. The predicted molar refractivity (Wildman–Crippen MR) is 82.3 cm³/mol. The number of alkyl halides is 1. The largest absolute Gasteiger partial charge is 2.00 e. The van der Waals surface area contributed by atoms with Gasteiger partial charge in [-0.15, -0.1) is 0 Å². The first-order chi connectivity index (χ1) is 9.31. The van der Waals surface area contributed by atoms with Gasteiger partial charge in [0.25, 0.3) is 0 Å². The molecular formula is C18H22FNVWY-2. The number of aromatic nitrogens is 1. The van der Waals surface area contributed by atoms with Crippen LogP contribution in [0.5, 0.6) is 0 Å². The van der Waals surface area contributed by atoms with Crippen LogP contribution >= 0.6 is 0 Å². The topological polar surface area (TPSA) is 14.1 Å². The Balaban J connectivity index is 0. The Morgan fingerprint density at radius 3 is 2.65 bits per heavy atom. The molecule has 122 valence electrons. The van der Waals surface area contributed by atoms with Crippen molar-refractivity contribution in [1.82, 2.24) is 4.98 Å². The van der Waals surface area contributed by atoms with Gasteiger partial charge in [-0.3, -0.25) is 5.52 Å². The van der Waals surface area contributed by atoms with Crippen LogP contribution in [-0.4, -0.2) is 6.17 Å². The van der Waals surface area contributed by atoms with Crippen molar-refractivity contribution < 1.29 is 76.7 Å². The van der Waals surface area contributed by atoms with Gasteiger partial charge in [-0.2, -0.15) is 41.8 Å². The van der Waals surface area contributed by atoms with Crippen LogP contribution < -0.4 is 4.98 Å². The number of nitrogens with zero attached hydrogens (tertiary/aromatic N) is 1. The second-order valence-electron chi connectivity index (χ2n) is 5.43. The van der Waals surface area contributed by atoms with E-state index in [1.54, 1.807) is 0 Å². The van der Waals surface area contributed by atoms with Crippen LogP contribution in [0.25, 0.3) is 10.9 Å². The summed E-state index contributed by atoms with van der Waals surface area (Å²) in [4.78, 5) is 4.67. The molecule has 0 aliphatic heterocycles. The summed E-state index contributed by atoms with van der Waals surface area (Å²) in [6.45, 7) is 3.91. The standard InChI is InChI=1S/C17H19FN.CH3.V.W.Y/c1-2-7-16-17(12-8-3-5-10-14(12)18)13-9-4-6-11-15(13)19-16;;;;/h4,9,11-12,14H,1-3,5,7-8,10H2;1H3;;;/q-3;-1;;+2;. The summed E-state index contributed by atoms with van der Waals surface area (Å²) in [5.41, 5.74) is 3.16. The zero-order valence-corrected chi connectivity index (χ0v) is 20.8. The molecule has 2 aromatic rings. The second kappa shape index (κ2) is 12.4. The smallest absolute Gasteiger partial charge is 0.719 e. The number of aryl methyl sites for hydroxylation is 1. The van der Waals surface area contributed by atoms with Crippen LogP contribution in [0.1, 0.15) is 49.3 Å². The molecule has 0 spiro atoms. The molecule has 2 radical (unpaired) electrons. The Morgan fingerprint density at radius 2 is 2.00 bits per heavy atom. The van der Waals surface area contributed by atoms with Crippen molar-refractivity contribution in [3.63, 3.8) is 0 Å². The van der Waals surface area contributed by atoms with E-state index in [1.165, 1.54) is 0 Å². The maximum Gasteiger partial charge on any atom is 2.00 e. The Bertz CT molecular complexity index is 575. The number of hydrogen-bond acceptors (Lipinski definition) is 0. The van der Waals surface area contributed by atoms with Crippen molar-refractivity contribution in [2.45, 2.75) is 50.6 Å². The summed E-state index contributed by atoms with van der Waals surface area (Å²) < 4.78 is 14.3. The minimum atomic E-state index is -0.714. The van der Waals surface area contributed by atoms with Crippen LogP contribution in [0.15, 0.2) is 18.2 Å². The molecule has 0 amide bonds. The number of halogens is 1. The van der Waals surface area contributed by atoms with E-state index in [0.717, 1.165) is 54.3 Å². The fourth-order valence-electron chi connectivity index (χ4n) is 3.29. The van der Waals surface area contributed by atoms with Crippen LogP contribution in [-0.2, 0) is 78.8 Å². The van der Waals surface area contributed by atoms with Crippen molar-refractivity contribution in [2.75, 3.05) is 0 Å². The van der Waals surface area contributed by atoms with Gasteiger partial charge in [-0.25, -0.2) is 4.39 Å². The summed E-state index contributed by atoms with van der Waals surface area (Å²) in [7, 11) is 0. The van der Waals surface area contributed by atoms with E-state index in [0.29, 0.717) is 6.42 Å². The molecule has 0 N–H and O–H groups in total. The average Bonchev–Trinajstić information content (AvgIpc) is 2.78. The van der Waals surface area contributed by atoms with E-state index in [4.69, 9.17) is 0 Å². The summed E-state index contributed by atoms with van der Waals surface area (Å²) in [6.07, 6.45) is 4.72. The molecule has 3 rings (SSSR count). The Morgan fingerprint density at radius 1 is 1.30 bits per heavy atom. The van der Waals surface area contributed by atoms with Gasteiger partial charge in [0.2, 0.25) is 0 Å². The van der Waals surface area contributed by atoms with Crippen LogP contribution in [0.3, 0.4) is 0 Å². The molecule has 0 saturated heterocycles. The van der Waals surface area contributed by atoms with Gasteiger partial charge in [0.05, 0.1) is 0 Å². The van der Waals surface area contributed by atoms with E-state index >= 15 is 0 Å². The number of hydrogen-bond donors (Lipinski definition) is 0. The average molecular weight is 595 g/mol. The third kappa shape index (κ3) is 5.78. The quantitative estimate of drug-likeness (QED) is 0.466. The van der Waals surface area contributed by atoms with Crippen LogP contribution in [0, 0.1) is 20.4 Å². The first-order valence-electron chi connectivity index (χ1n) is 7.20. The molecule has 1 fully saturated rings. The van der Waals surface area contributed by atoms with Gasteiger partial charge in [0.15, 0.2) is 0 Å². The van der Waals surface area contributed by atoms with Crippen molar-refractivity contribution in [3.05, 3.63) is 49.9 Å². The summed E-state index contributed by atoms with van der Waals surface area (Å²) >= 11 is 0. The molecule has 23 heavy (non-hydrogen) atoms. The van der Waals surface area contributed by atoms with Crippen molar-refractivity contribution in [3.8, 4) is 0 Å². The molecule has 2 unspecified atom stereocenters. The minimum Gasteiger partial charge on any atom is -0.719 e. The number of rotatable bonds is 3. The van der Waals surface area contributed by atoms with Crippen molar-refractivity contribution in [2.24, 2.45) is 0 Å².